The minimum absolute atomic E-state index is 0.234. The van der Waals surface area contributed by atoms with Crippen molar-refractivity contribution in [3.05, 3.63) is 106 Å². The van der Waals surface area contributed by atoms with E-state index >= 15 is 0 Å². The second-order valence-corrected chi connectivity index (χ2v) is 8.71. The van der Waals surface area contributed by atoms with Gasteiger partial charge in [0.2, 0.25) is 0 Å². The van der Waals surface area contributed by atoms with Crippen molar-refractivity contribution in [2.45, 2.75) is 41.5 Å². The van der Waals surface area contributed by atoms with Crippen LogP contribution < -0.4 is 5.43 Å². The van der Waals surface area contributed by atoms with Crippen molar-refractivity contribution in [2.75, 3.05) is 0 Å². The summed E-state index contributed by atoms with van der Waals surface area (Å²) in [4.78, 5) is 12.6. The van der Waals surface area contributed by atoms with Gasteiger partial charge in [0.1, 0.15) is 0 Å². The van der Waals surface area contributed by atoms with E-state index in [0.29, 0.717) is 5.56 Å². The number of hydrazone groups is 1. The van der Waals surface area contributed by atoms with Gasteiger partial charge in [0, 0.05) is 45.3 Å². The Kier molecular flexibility index (Phi) is 6.05. The van der Waals surface area contributed by atoms with E-state index in [0.717, 1.165) is 39.7 Å². The highest BCUT2D eigenvalue weighted by atomic mass is 16.2. The maximum absolute atomic E-state index is 12.6. The molecule has 0 saturated heterocycles. The van der Waals surface area contributed by atoms with Crippen LogP contribution in [0.1, 0.15) is 49.8 Å². The van der Waals surface area contributed by atoms with E-state index in [9.17, 15) is 4.79 Å². The van der Waals surface area contributed by atoms with E-state index in [4.69, 9.17) is 0 Å². The minimum Gasteiger partial charge on any atom is -0.319 e. The Balaban J connectivity index is 1.49. The number of nitrogens with zero attached hydrogens (tertiary/aromatic N) is 3. The fraction of sp³-hybridized carbons (Fsp3) is 0.214. The number of benzene rings is 2. The Hall–Kier alpha value is -3.86. The molecule has 0 bridgehead atoms. The Labute approximate surface area is 195 Å². The van der Waals surface area contributed by atoms with Gasteiger partial charge in [0.15, 0.2) is 0 Å². The molecule has 5 heteroatoms. The van der Waals surface area contributed by atoms with E-state index in [2.05, 4.69) is 97.6 Å². The molecule has 4 aromatic rings. The van der Waals surface area contributed by atoms with Crippen LogP contribution in [0.4, 0.5) is 0 Å². The standard InChI is InChI=1S/C28H30N4O/c1-18-13-19(2)15-27(14-18)32-22(5)16-25(23(32)6)17-29-30-28(33)24-9-11-26(12-10-24)31-20(3)7-8-21(31)4/h7-17H,1-6H3,(H,30,33)/b29-17+. The van der Waals surface area contributed by atoms with Crippen molar-refractivity contribution in [2.24, 2.45) is 5.10 Å². The predicted octanol–water partition coefficient (Wildman–Crippen LogP) is 5.88. The third-order valence-corrected chi connectivity index (χ3v) is 5.96. The van der Waals surface area contributed by atoms with Crippen molar-refractivity contribution < 1.29 is 4.79 Å². The quantitative estimate of drug-likeness (QED) is 0.307. The van der Waals surface area contributed by atoms with Crippen LogP contribution in [0.2, 0.25) is 0 Å². The zero-order valence-corrected chi connectivity index (χ0v) is 20.1. The average Bonchev–Trinajstić information content (AvgIpc) is 3.24. The summed E-state index contributed by atoms with van der Waals surface area (Å²) in [6.07, 6.45) is 1.71. The van der Waals surface area contributed by atoms with Gasteiger partial charge in [-0.3, -0.25) is 4.79 Å². The van der Waals surface area contributed by atoms with E-state index in [1.165, 1.54) is 11.1 Å². The largest absolute Gasteiger partial charge is 0.319 e. The number of aromatic nitrogens is 2. The van der Waals surface area contributed by atoms with Crippen LogP contribution in [-0.2, 0) is 0 Å². The molecule has 0 radical (unpaired) electrons. The number of carbonyl (C=O) groups excluding carboxylic acids is 1. The summed E-state index contributed by atoms with van der Waals surface area (Å²) in [5, 5.41) is 4.22. The van der Waals surface area contributed by atoms with Crippen LogP contribution in [0.5, 0.6) is 0 Å². The molecule has 2 heterocycles. The zero-order chi connectivity index (χ0) is 23.7. The normalized spacial score (nSPS) is 11.3. The van der Waals surface area contributed by atoms with Gasteiger partial charge in [-0.05, 0) is 107 Å². The molecule has 0 fully saturated rings. The number of hydrogen-bond acceptors (Lipinski definition) is 2. The molecular weight excluding hydrogens is 408 g/mol. The number of hydrogen-bond donors (Lipinski definition) is 1. The van der Waals surface area contributed by atoms with Gasteiger partial charge in [-0.2, -0.15) is 5.10 Å². The first kappa shape index (κ1) is 22.3. The van der Waals surface area contributed by atoms with E-state index in [1.807, 2.05) is 24.3 Å². The first-order valence-corrected chi connectivity index (χ1v) is 11.1. The van der Waals surface area contributed by atoms with Gasteiger partial charge in [0.05, 0.1) is 6.21 Å². The topological polar surface area (TPSA) is 51.3 Å². The Bertz CT molecular complexity index is 1310. The lowest BCUT2D eigenvalue weighted by Crippen LogP contribution is -2.17. The van der Waals surface area contributed by atoms with Crippen molar-refractivity contribution in [1.82, 2.24) is 14.6 Å². The Morgan fingerprint density at radius 2 is 1.33 bits per heavy atom. The average molecular weight is 439 g/mol. The van der Waals surface area contributed by atoms with Crippen molar-refractivity contribution in [3.8, 4) is 11.4 Å². The lowest BCUT2D eigenvalue weighted by molar-refractivity contribution is 0.0955. The number of aryl methyl sites for hydroxylation is 5. The molecule has 0 aliphatic carbocycles. The molecule has 4 rings (SSSR count). The molecule has 0 atom stereocenters. The van der Waals surface area contributed by atoms with Crippen molar-refractivity contribution >= 4 is 12.1 Å². The van der Waals surface area contributed by atoms with Crippen LogP contribution >= 0.6 is 0 Å². The summed E-state index contributed by atoms with van der Waals surface area (Å²) in [6, 6.07) is 20.3. The van der Waals surface area contributed by atoms with Crippen molar-refractivity contribution in [1.29, 1.82) is 0 Å². The molecule has 1 N–H and O–H groups in total. The third kappa shape index (κ3) is 4.53. The summed E-state index contributed by atoms with van der Waals surface area (Å²) < 4.78 is 4.37. The van der Waals surface area contributed by atoms with Crippen molar-refractivity contribution in [3.63, 3.8) is 0 Å². The molecule has 168 valence electrons. The molecule has 1 amide bonds. The van der Waals surface area contributed by atoms with E-state index < -0.39 is 0 Å². The molecule has 0 unspecified atom stereocenters. The molecule has 0 aliphatic heterocycles. The summed E-state index contributed by atoms with van der Waals surface area (Å²) >= 11 is 0. The third-order valence-electron chi connectivity index (χ3n) is 5.96. The fourth-order valence-corrected chi connectivity index (χ4v) is 4.46. The highest BCUT2D eigenvalue weighted by molar-refractivity contribution is 5.95. The molecule has 5 nitrogen and oxygen atoms in total. The molecular formula is C28H30N4O. The summed E-state index contributed by atoms with van der Waals surface area (Å²) in [6.45, 7) is 12.5. The van der Waals surface area contributed by atoms with Crippen LogP contribution in [-0.4, -0.2) is 21.3 Å². The molecule has 33 heavy (non-hydrogen) atoms. The van der Waals surface area contributed by atoms with Gasteiger partial charge < -0.3 is 9.13 Å². The van der Waals surface area contributed by atoms with Crippen LogP contribution in [0.3, 0.4) is 0 Å². The lowest BCUT2D eigenvalue weighted by Gasteiger charge is -2.11. The smallest absolute Gasteiger partial charge is 0.271 e. The highest BCUT2D eigenvalue weighted by Gasteiger charge is 2.11. The maximum atomic E-state index is 12.6. The van der Waals surface area contributed by atoms with Crippen LogP contribution in [0, 0.1) is 41.5 Å². The van der Waals surface area contributed by atoms with Gasteiger partial charge >= 0.3 is 0 Å². The molecule has 0 spiro atoms. The highest BCUT2D eigenvalue weighted by Crippen LogP contribution is 2.22. The van der Waals surface area contributed by atoms with Gasteiger partial charge in [-0.15, -0.1) is 0 Å². The van der Waals surface area contributed by atoms with E-state index in [1.54, 1.807) is 6.21 Å². The summed E-state index contributed by atoms with van der Waals surface area (Å²) in [7, 11) is 0. The molecule has 0 aliphatic rings. The second-order valence-electron chi connectivity index (χ2n) is 8.71. The molecule has 2 aromatic carbocycles. The maximum Gasteiger partial charge on any atom is 0.271 e. The van der Waals surface area contributed by atoms with Gasteiger partial charge in [0.25, 0.3) is 5.91 Å². The predicted molar refractivity (Wildman–Crippen MR) is 135 cm³/mol. The number of carbonyl (C=O) groups is 1. The van der Waals surface area contributed by atoms with Crippen LogP contribution in [0.15, 0.2) is 65.8 Å². The Morgan fingerprint density at radius 1 is 0.727 bits per heavy atom. The Morgan fingerprint density at radius 3 is 1.94 bits per heavy atom. The first-order chi connectivity index (χ1) is 15.7. The summed E-state index contributed by atoms with van der Waals surface area (Å²) in [5.41, 5.74) is 13.4. The SMILES string of the molecule is Cc1cc(C)cc(-n2c(C)cc(/C=N/NC(=O)c3ccc(-n4c(C)ccc4C)cc3)c2C)c1. The second kappa shape index (κ2) is 8.94. The fourth-order valence-electron chi connectivity index (χ4n) is 4.46. The summed E-state index contributed by atoms with van der Waals surface area (Å²) in [5.74, 6) is -0.234. The number of nitrogens with one attached hydrogen (secondary N) is 1. The monoisotopic (exact) mass is 438 g/mol. The first-order valence-electron chi connectivity index (χ1n) is 11.1. The molecule has 0 saturated carbocycles. The van der Waals surface area contributed by atoms with Crippen LogP contribution in [0.25, 0.3) is 11.4 Å². The number of amides is 1. The minimum atomic E-state index is -0.234. The van der Waals surface area contributed by atoms with E-state index in [-0.39, 0.29) is 5.91 Å². The number of rotatable bonds is 5. The van der Waals surface area contributed by atoms with Gasteiger partial charge in [-0.1, -0.05) is 6.07 Å². The van der Waals surface area contributed by atoms with Gasteiger partial charge in [-0.25, -0.2) is 5.43 Å². The molecule has 2 aromatic heterocycles. The lowest BCUT2D eigenvalue weighted by atomic mass is 10.1. The zero-order valence-electron chi connectivity index (χ0n) is 20.1.